The van der Waals surface area contributed by atoms with Gasteiger partial charge in [-0.25, -0.2) is 4.79 Å². The van der Waals surface area contributed by atoms with Gasteiger partial charge in [0.05, 0.1) is 5.54 Å². The molecular formula is C17H30N2O. The van der Waals surface area contributed by atoms with E-state index in [2.05, 4.69) is 31.0 Å². The molecule has 1 aliphatic heterocycles. The summed E-state index contributed by atoms with van der Waals surface area (Å²) in [6.45, 7) is 9.02. The van der Waals surface area contributed by atoms with Gasteiger partial charge in [0, 0.05) is 13.1 Å². The predicted molar refractivity (Wildman–Crippen MR) is 81.6 cm³/mol. The quantitative estimate of drug-likeness (QED) is 0.787. The zero-order chi connectivity index (χ0) is 14.4. The van der Waals surface area contributed by atoms with Crippen LogP contribution in [0.5, 0.6) is 0 Å². The highest BCUT2D eigenvalue weighted by Gasteiger charge is 2.57. The topological polar surface area (TPSA) is 32.3 Å². The molecule has 1 spiro atoms. The lowest BCUT2D eigenvalue weighted by atomic mass is 9.57. The number of rotatable bonds is 6. The molecule has 0 aromatic heterocycles. The summed E-state index contributed by atoms with van der Waals surface area (Å²) < 4.78 is 0. The Morgan fingerprint density at radius 3 is 2.65 bits per heavy atom. The molecule has 2 amide bonds. The standard InChI is InChI=1S/C17H30N2O/c1-4-5-8-16(2,3)14-9-17(10-14)12-18-15(20)19(17)11-13-6-7-13/h13-14H,4-12H2,1-3H3,(H,18,20). The van der Waals surface area contributed by atoms with Gasteiger partial charge >= 0.3 is 6.03 Å². The van der Waals surface area contributed by atoms with Gasteiger partial charge in [-0.05, 0) is 49.4 Å². The minimum absolute atomic E-state index is 0.174. The van der Waals surface area contributed by atoms with Crippen molar-refractivity contribution in [3.05, 3.63) is 0 Å². The van der Waals surface area contributed by atoms with E-state index in [-0.39, 0.29) is 11.6 Å². The third-order valence-electron chi connectivity index (χ3n) is 6.06. The Morgan fingerprint density at radius 1 is 1.35 bits per heavy atom. The monoisotopic (exact) mass is 278 g/mol. The van der Waals surface area contributed by atoms with E-state index >= 15 is 0 Å². The number of amides is 2. The van der Waals surface area contributed by atoms with Crippen LogP contribution in [-0.4, -0.2) is 29.6 Å². The number of unbranched alkanes of at least 4 members (excludes halogenated alkanes) is 1. The van der Waals surface area contributed by atoms with Crippen molar-refractivity contribution < 1.29 is 4.79 Å². The molecule has 0 unspecified atom stereocenters. The summed E-state index contributed by atoms with van der Waals surface area (Å²) in [7, 11) is 0. The molecule has 0 aromatic rings. The molecule has 0 atom stereocenters. The van der Waals surface area contributed by atoms with Crippen LogP contribution in [-0.2, 0) is 0 Å². The van der Waals surface area contributed by atoms with Crippen molar-refractivity contribution >= 4 is 6.03 Å². The SMILES string of the molecule is CCCCC(C)(C)C1CC2(CNC(=O)N2CC2CC2)C1. The van der Waals surface area contributed by atoms with Crippen LogP contribution >= 0.6 is 0 Å². The molecular weight excluding hydrogens is 248 g/mol. The highest BCUT2D eigenvalue weighted by molar-refractivity contribution is 5.78. The predicted octanol–water partition coefficient (Wildman–Crippen LogP) is 3.79. The number of urea groups is 1. The smallest absolute Gasteiger partial charge is 0.318 e. The van der Waals surface area contributed by atoms with Crippen molar-refractivity contribution in [1.82, 2.24) is 10.2 Å². The maximum absolute atomic E-state index is 12.1. The van der Waals surface area contributed by atoms with Gasteiger partial charge in [0.25, 0.3) is 0 Å². The Hall–Kier alpha value is -0.730. The average Bonchev–Trinajstić information content (AvgIpc) is 3.10. The van der Waals surface area contributed by atoms with Crippen molar-refractivity contribution in [3.8, 4) is 0 Å². The molecule has 2 aliphatic carbocycles. The summed E-state index contributed by atoms with van der Waals surface area (Å²) in [6.07, 6.45) is 9.03. The summed E-state index contributed by atoms with van der Waals surface area (Å²) in [6, 6.07) is 0.196. The molecule has 2 saturated carbocycles. The van der Waals surface area contributed by atoms with E-state index in [0.29, 0.717) is 5.41 Å². The largest absolute Gasteiger partial charge is 0.336 e. The van der Waals surface area contributed by atoms with Gasteiger partial charge in [-0.2, -0.15) is 0 Å². The lowest BCUT2D eigenvalue weighted by Gasteiger charge is -2.55. The highest BCUT2D eigenvalue weighted by atomic mass is 16.2. The first-order valence-corrected chi connectivity index (χ1v) is 8.52. The van der Waals surface area contributed by atoms with E-state index < -0.39 is 0 Å². The van der Waals surface area contributed by atoms with Crippen molar-refractivity contribution in [2.45, 2.75) is 71.3 Å². The summed E-state index contributed by atoms with van der Waals surface area (Å²) in [4.78, 5) is 14.3. The van der Waals surface area contributed by atoms with Gasteiger partial charge in [-0.3, -0.25) is 0 Å². The molecule has 0 bridgehead atoms. The molecule has 3 aliphatic rings. The number of carbonyl (C=O) groups is 1. The van der Waals surface area contributed by atoms with Gasteiger partial charge in [0.1, 0.15) is 0 Å². The molecule has 0 radical (unpaired) electrons. The molecule has 1 N–H and O–H groups in total. The fourth-order valence-electron chi connectivity index (χ4n) is 4.09. The van der Waals surface area contributed by atoms with Gasteiger partial charge < -0.3 is 10.2 Å². The molecule has 3 heteroatoms. The van der Waals surface area contributed by atoms with Crippen LogP contribution in [0, 0.1) is 17.3 Å². The fraction of sp³-hybridized carbons (Fsp3) is 0.941. The van der Waals surface area contributed by atoms with Crippen LogP contribution in [0.2, 0.25) is 0 Å². The highest BCUT2D eigenvalue weighted by Crippen LogP contribution is 2.54. The van der Waals surface area contributed by atoms with Crippen LogP contribution in [0.4, 0.5) is 4.79 Å². The Labute approximate surface area is 123 Å². The Balaban J connectivity index is 1.60. The minimum atomic E-state index is 0.174. The molecule has 114 valence electrons. The molecule has 1 heterocycles. The first kappa shape index (κ1) is 14.2. The molecule has 0 aromatic carbocycles. The minimum Gasteiger partial charge on any atom is -0.336 e. The lowest BCUT2D eigenvalue weighted by Crippen LogP contribution is -2.59. The van der Waals surface area contributed by atoms with Gasteiger partial charge in [-0.1, -0.05) is 33.6 Å². The molecule has 3 fully saturated rings. The summed E-state index contributed by atoms with van der Waals surface area (Å²) in [5.74, 6) is 1.59. The Bertz CT molecular complexity index is 380. The summed E-state index contributed by atoms with van der Waals surface area (Å²) in [5, 5.41) is 3.10. The normalized spacial score (nSPS) is 33.5. The summed E-state index contributed by atoms with van der Waals surface area (Å²) in [5.41, 5.74) is 0.617. The van der Waals surface area contributed by atoms with Crippen LogP contribution in [0.3, 0.4) is 0 Å². The van der Waals surface area contributed by atoms with E-state index in [1.54, 1.807) is 0 Å². The number of nitrogens with one attached hydrogen (secondary N) is 1. The van der Waals surface area contributed by atoms with Gasteiger partial charge in [0.15, 0.2) is 0 Å². The maximum atomic E-state index is 12.1. The molecule has 20 heavy (non-hydrogen) atoms. The molecule has 3 nitrogen and oxygen atoms in total. The van der Waals surface area contributed by atoms with Crippen molar-refractivity contribution in [2.24, 2.45) is 17.3 Å². The number of hydrogen-bond acceptors (Lipinski definition) is 1. The van der Waals surface area contributed by atoms with E-state index in [9.17, 15) is 4.79 Å². The first-order chi connectivity index (χ1) is 9.47. The van der Waals surface area contributed by atoms with E-state index in [1.165, 1.54) is 44.9 Å². The fourth-order valence-corrected chi connectivity index (χ4v) is 4.09. The van der Waals surface area contributed by atoms with E-state index in [4.69, 9.17) is 0 Å². The van der Waals surface area contributed by atoms with Gasteiger partial charge in [-0.15, -0.1) is 0 Å². The third-order valence-corrected chi connectivity index (χ3v) is 6.06. The second-order valence-corrected chi connectivity index (χ2v) is 8.13. The number of carbonyl (C=O) groups excluding carboxylic acids is 1. The zero-order valence-electron chi connectivity index (χ0n) is 13.4. The Kier molecular flexibility index (Phi) is 3.50. The zero-order valence-corrected chi connectivity index (χ0v) is 13.4. The number of nitrogens with zero attached hydrogens (tertiary/aromatic N) is 1. The molecule has 3 rings (SSSR count). The Morgan fingerprint density at radius 2 is 2.05 bits per heavy atom. The van der Waals surface area contributed by atoms with Gasteiger partial charge in [0.2, 0.25) is 0 Å². The van der Waals surface area contributed by atoms with Crippen molar-refractivity contribution in [2.75, 3.05) is 13.1 Å². The first-order valence-electron chi connectivity index (χ1n) is 8.52. The summed E-state index contributed by atoms with van der Waals surface area (Å²) >= 11 is 0. The van der Waals surface area contributed by atoms with Crippen LogP contribution in [0.1, 0.15) is 65.7 Å². The average molecular weight is 278 g/mol. The maximum Gasteiger partial charge on any atom is 0.318 e. The van der Waals surface area contributed by atoms with Crippen molar-refractivity contribution in [1.29, 1.82) is 0 Å². The third kappa shape index (κ3) is 2.44. The van der Waals surface area contributed by atoms with E-state index in [0.717, 1.165) is 24.9 Å². The van der Waals surface area contributed by atoms with E-state index in [1.807, 2.05) is 0 Å². The van der Waals surface area contributed by atoms with Crippen LogP contribution in [0.15, 0.2) is 0 Å². The second-order valence-electron chi connectivity index (χ2n) is 8.13. The molecule has 1 saturated heterocycles. The lowest BCUT2D eigenvalue weighted by molar-refractivity contribution is -0.0303. The second kappa shape index (κ2) is 4.92. The van der Waals surface area contributed by atoms with Crippen LogP contribution in [0.25, 0.3) is 0 Å². The van der Waals surface area contributed by atoms with Crippen LogP contribution < -0.4 is 5.32 Å². The number of hydrogen-bond donors (Lipinski definition) is 1. The van der Waals surface area contributed by atoms with Crippen molar-refractivity contribution in [3.63, 3.8) is 0 Å².